The fraction of sp³-hybridized carbons (Fsp3) is 0.143. The van der Waals surface area contributed by atoms with Gasteiger partial charge in [0.1, 0.15) is 11.5 Å². The van der Waals surface area contributed by atoms with E-state index in [-0.39, 0.29) is 5.69 Å². The molecule has 2 rings (SSSR count). The van der Waals surface area contributed by atoms with Gasteiger partial charge in [0.25, 0.3) is 5.69 Å². The Morgan fingerprint density at radius 2 is 2.05 bits per heavy atom. The van der Waals surface area contributed by atoms with Crippen molar-refractivity contribution in [2.75, 3.05) is 7.05 Å². The molecule has 2 aromatic rings. The molecular weight excluding hydrogens is 360 g/mol. The van der Waals surface area contributed by atoms with Crippen LogP contribution >= 0.6 is 27.5 Å². The molecular formula is C14H12BrClN2O3. The smallest absolute Gasteiger partial charge is 0.273 e. The fourth-order valence-corrected chi connectivity index (χ4v) is 2.31. The number of nitrogens with one attached hydrogen (secondary N) is 1. The number of hydrogen-bond donors (Lipinski definition) is 1. The number of hydrogen-bond acceptors (Lipinski definition) is 4. The second kappa shape index (κ2) is 6.89. The number of ether oxygens (including phenoxy) is 1. The van der Waals surface area contributed by atoms with Gasteiger partial charge in [-0.05, 0) is 46.7 Å². The van der Waals surface area contributed by atoms with Crippen molar-refractivity contribution in [3.8, 4) is 11.5 Å². The number of benzene rings is 2. The Kier molecular flexibility index (Phi) is 5.17. The van der Waals surface area contributed by atoms with Crippen LogP contribution in [0.15, 0.2) is 40.9 Å². The van der Waals surface area contributed by atoms with Crippen molar-refractivity contribution in [2.24, 2.45) is 0 Å². The van der Waals surface area contributed by atoms with Gasteiger partial charge in [-0.15, -0.1) is 0 Å². The summed E-state index contributed by atoms with van der Waals surface area (Å²) in [4.78, 5) is 10.3. The molecule has 0 heterocycles. The van der Waals surface area contributed by atoms with Gasteiger partial charge in [0.15, 0.2) is 0 Å². The van der Waals surface area contributed by atoms with Gasteiger partial charge in [0.2, 0.25) is 0 Å². The van der Waals surface area contributed by atoms with Crippen LogP contribution in [-0.2, 0) is 6.54 Å². The molecule has 2 aromatic carbocycles. The standard InChI is InChI=1S/C14H12BrClN2O3/c1-17-8-9-2-5-13(12(16)6-9)21-14-7-10(18(19)20)3-4-11(14)15/h2-7,17H,8H2,1H3. The average molecular weight is 372 g/mol. The van der Waals surface area contributed by atoms with Crippen molar-refractivity contribution in [3.63, 3.8) is 0 Å². The lowest BCUT2D eigenvalue weighted by atomic mass is 10.2. The first kappa shape index (κ1) is 15.8. The number of nitro benzene ring substituents is 1. The minimum Gasteiger partial charge on any atom is -0.454 e. The van der Waals surface area contributed by atoms with Crippen LogP contribution in [0.25, 0.3) is 0 Å². The molecule has 0 aliphatic carbocycles. The minimum absolute atomic E-state index is 0.0453. The van der Waals surface area contributed by atoms with Gasteiger partial charge in [0, 0.05) is 12.6 Å². The van der Waals surface area contributed by atoms with Crippen molar-refractivity contribution in [1.29, 1.82) is 0 Å². The maximum atomic E-state index is 10.8. The second-order valence-electron chi connectivity index (χ2n) is 4.27. The third-order valence-electron chi connectivity index (χ3n) is 2.72. The van der Waals surface area contributed by atoms with E-state index in [1.54, 1.807) is 18.2 Å². The molecule has 5 nitrogen and oxygen atoms in total. The van der Waals surface area contributed by atoms with E-state index < -0.39 is 4.92 Å². The summed E-state index contributed by atoms with van der Waals surface area (Å²) in [6.07, 6.45) is 0. The number of halogens is 2. The van der Waals surface area contributed by atoms with E-state index >= 15 is 0 Å². The zero-order chi connectivity index (χ0) is 15.4. The molecule has 0 aliphatic rings. The van der Waals surface area contributed by atoms with Gasteiger partial charge >= 0.3 is 0 Å². The number of nitro groups is 1. The molecule has 0 aliphatic heterocycles. The van der Waals surface area contributed by atoms with Crippen molar-refractivity contribution in [1.82, 2.24) is 5.32 Å². The third-order valence-corrected chi connectivity index (χ3v) is 3.67. The Hall–Kier alpha value is -1.63. The summed E-state index contributed by atoms with van der Waals surface area (Å²) in [5.74, 6) is 0.783. The first-order chi connectivity index (χ1) is 10.0. The van der Waals surface area contributed by atoms with Crippen LogP contribution < -0.4 is 10.1 Å². The molecule has 0 spiro atoms. The fourth-order valence-electron chi connectivity index (χ4n) is 1.74. The monoisotopic (exact) mass is 370 g/mol. The molecule has 0 unspecified atom stereocenters. The molecule has 0 amide bonds. The molecule has 21 heavy (non-hydrogen) atoms. The molecule has 0 saturated carbocycles. The number of rotatable bonds is 5. The molecule has 0 saturated heterocycles. The highest BCUT2D eigenvalue weighted by atomic mass is 79.9. The Labute approximate surface area is 135 Å². The largest absolute Gasteiger partial charge is 0.454 e. The van der Waals surface area contributed by atoms with E-state index in [0.717, 1.165) is 5.56 Å². The van der Waals surface area contributed by atoms with Crippen LogP contribution in [0.5, 0.6) is 11.5 Å². The quantitative estimate of drug-likeness (QED) is 0.620. The van der Waals surface area contributed by atoms with Crippen LogP contribution in [0, 0.1) is 10.1 Å². The van der Waals surface area contributed by atoms with Crippen LogP contribution in [0.4, 0.5) is 5.69 Å². The van der Waals surface area contributed by atoms with Gasteiger partial charge in [-0.1, -0.05) is 17.7 Å². The Morgan fingerprint density at radius 1 is 1.29 bits per heavy atom. The molecule has 0 aromatic heterocycles. The lowest BCUT2D eigenvalue weighted by molar-refractivity contribution is -0.384. The lowest BCUT2D eigenvalue weighted by Crippen LogP contribution is -2.04. The highest BCUT2D eigenvalue weighted by Gasteiger charge is 2.12. The van der Waals surface area contributed by atoms with E-state index in [0.29, 0.717) is 27.5 Å². The summed E-state index contributed by atoms with van der Waals surface area (Å²) in [6, 6.07) is 9.72. The Balaban J connectivity index is 2.29. The second-order valence-corrected chi connectivity index (χ2v) is 5.53. The summed E-state index contributed by atoms with van der Waals surface area (Å²) < 4.78 is 6.27. The molecule has 0 bridgehead atoms. The maximum Gasteiger partial charge on any atom is 0.273 e. The van der Waals surface area contributed by atoms with Crippen molar-refractivity contribution < 1.29 is 9.66 Å². The van der Waals surface area contributed by atoms with Crippen molar-refractivity contribution >= 4 is 33.2 Å². The Morgan fingerprint density at radius 3 is 2.67 bits per heavy atom. The molecule has 1 N–H and O–H groups in total. The lowest BCUT2D eigenvalue weighted by Gasteiger charge is -2.10. The predicted octanol–water partition coefficient (Wildman–Crippen LogP) is 4.52. The molecule has 0 atom stereocenters. The summed E-state index contributed by atoms with van der Waals surface area (Å²) in [5.41, 5.74) is 0.976. The number of nitrogens with zero attached hydrogens (tertiary/aromatic N) is 1. The molecule has 0 fully saturated rings. The van der Waals surface area contributed by atoms with Gasteiger partial charge in [-0.25, -0.2) is 0 Å². The summed E-state index contributed by atoms with van der Waals surface area (Å²) in [7, 11) is 1.85. The topological polar surface area (TPSA) is 64.4 Å². The van der Waals surface area contributed by atoms with Crippen molar-refractivity contribution in [3.05, 3.63) is 61.6 Å². The summed E-state index contributed by atoms with van der Waals surface area (Å²) in [5, 5.41) is 14.3. The van der Waals surface area contributed by atoms with Crippen LogP contribution in [0.3, 0.4) is 0 Å². The first-order valence-corrected chi connectivity index (χ1v) is 7.23. The van der Waals surface area contributed by atoms with E-state index in [1.807, 2.05) is 13.1 Å². The van der Waals surface area contributed by atoms with E-state index in [2.05, 4.69) is 21.2 Å². The van der Waals surface area contributed by atoms with E-state index in [4.69, 9.17) is 16.3 Å². The van der Waals surface area contributed by atoms with E-state index in [1.165, 1.54) is 12.1 Å². The number of non-ortho nitro benzene ring substituents is 1. The summed E-state index contributed by atoms with van der Waals surface area (Å²) in [6.45, 7) is 0.695. The molecule has 110 valence electrons. The summed E-state index contributed by atoms with van der Waals surface area (Å²) >= 11 is 9.47. The van der Waals surface area contributed by atoms with Gasteiger partial charge in [-0.3, -0.25) is 10.1 Å². The van der Waals surface area contributed by atoms with Gasteiger partial charge in [0.05, 0.1) is 20.5 Å². The third kappa shape index (κ3) is 3.93. The highest BCUT2D eigenvalue weighted by Crippen LogP contribution is 2.36. The van der Waals surface area contributed by atoms with Crippen LogP contribution in [-0.4, -0.2) is 12.0 Å². The van der Waals surface area contributed by atoms with E-state index in [9.17, 15) is 10.1 Å². The van der Waals surface area contributed by atoms with Gasteiger partial charge in [-0.2, -0.15) is 0 Å². The minimum atomic E-state index is -0.475. The molecule has 7 heteroatoms. The first-order valence-electron chi connectivity index (χ1n) is 6.06. The average Bonchev–Trinajstić information content (AvgIpc) is 2.44. The Bertz CT molecular complexity index is 679. The molecule has 0 radical (unpaired) electrons. The van der Waals surface area contributed by atoms with Crippen molar-refractivity contribution in [2.45, 2.75) is 6.54 Å². The maximum absolute atomic E-state index is 10.8. The SMILES string of the molecule is CNCc1ccc(Oc2cc([N+](=O)[O-])ccc2Br)c(Cl)c1. The highest BCUT2D eigenvalue weighted by molar-refractivity contribution is 9.10. The van der Waals surface area contributed by atoms with Crippen LogP contribution in [0.1, 0.15) is 5.56 Å². The van der Waals surface area contributed by atoms with Gasteiger partial charge < -0.3 is 10.1 Å². The predicted molar refractivity (Wildman–Crippen MR) is 85.1 cm³/mol. The normalized spacial score (nSPS) is 10.4. The zero-order valence-corrected chi connectivity index (χ0v) is 13.4. The van der Waals surface area contributed by atoms with Crippen LogP contribution in [0.2, 0.25) is 5.02 Å². The zero-order valence-electron chi connectivity index (χ0n) is 11.1.